The first-order chi connectivity index (χ1) is 13.7. The molecule has 0 saturated heterocycles. The summed E-state index contributed by atoms with van der Waals surface area (Å²) in [5.41, 5.74) is 3.76. The first-order valence-corrected chi connectivity index (χ1v) is 10.3. The van der Waals surface area contributed by atoms with Gasteiger partial charge in [0.15, 0.2) is 0 Å². The van der Waals surface area contributed by atoms with Gasteiger partial charge in [0.25, 0.3) is 0 Å². The second-order valence-corrected chi connectivity index (χ2v) is 8.40. The molecule has 154 valence electrons. The minimum atomic E-state index is -0.107. The molecule has 0 atom stereocenters. The zero-order valence-electron chi connectivity index (χ0n) is 17.0. The fraction of sp³-hybridized carbons (Fsp3) is 0.381. The Labute approximate surface area is 180 Å². The molecular weight excluding hydrogens is 409 g/mol. The van der Waals surface area contributed by atoms with E-state index in [-0.39, 0.29) is 12.3 Å². The van der Waals surface area contributed by atoms with Crippen LogP contribution in [-0.2, 0) is 24.3 Å². The van der Waals surface area contributed by atoms with Crippen LogP contribution < -0.4 is 5.32 Å². The molecule has 6 nitrogen and oxygen atoms in total. The van der Waals surface area contributed by atoms with Gasteiger partial charge in [0, 0.05) is 33.9 Å². The van der Waals surface area contributed by atoms with Crippen molar-refractivity contribution in [2.75, 3.05) is 5.32 Å². The van der Waals surface area contributed by atoms with Crippen molar-refractivity contribution in [3.63, 3.8) is 0 Å². The fourth-order valence-electron chi connectivity index (χ4n) is 3.24. The van der Waals surface area contributed by atoms with E-state index in [1.807, 2.05) is 24.6 Å². The number of amides is 1. The van der Waals surface area contributed by atoms with E-state index in [0.717, 1.165) is 29.1 Å². The van der Waals surface area contributed by atoms with Crippen LogP contribution in [0.4, 0.5) is 5.82 Å². The van der Waals surface area contributed by atoms with Crippen molar-refractivity contribution in [3.8, 4) is 0 Å². The van der Waals surface area contributed by atoms with Gasteiger partial charge in [0.1, 0.15) is 5.82 Å². The standard InChI is InChI=1S/C21H25Cl2N5O/c1-13(2)11-27-15(4)18(14(3)26-27)10-21(29)25-20-7-8-24-28(20)12-16-5-6-17(22)9-19(16)23/h5-9,13H,10-12H2,1-4H3,(H,25,29). The highest BCUT2D eigenvalue weighted by atomic mass is 35.5. The zero-order valence-corrected chi connectivity index (χ0v) is 18.6. The third-order valence-electron chi connectivity index (χ3n) is 4.73. The Balaban J connectivity index is 1.71. The van der Waals surface area contributed by atoms with E-state index in [2.05, 4.69) is 29.4 Å². The van der Waals surface area contributed by atoms with Crippen LogP contribution in [0.3, 0.4) is 0 Å². The second-order valence-electron chi connectivity index (χ2n) is 7.56. The largest absolute Gasteiger partial charge is 0.311 e. The first kappa shape index (κ1) is 21.4. The van der Waals surface area contributed by atoms with Crippen LogP contribution in [0, 0.1) is 19.8 Å². The molecule has 1 aromatic carbocycles. The molecule has 0 aliphatic carbocycles. The van der Waals surface area contributed by atoms with Crippen molar-refractivity contribution >= 4 is 34.9 Å². The molecule has 1 N–H and O–H groups in total. The zero-order chi connectivity index (χ0) is 21.1. The molecule has 0 spiro atoms. The van der Waals surface area contributed by atoms with E-state index in [1.165, 1.54) is 0 Å². The third kappa shape index (κ3) is 5.19. The number of aromatic nitrogens is 4. The van der Waals surface area contributed by atoms with E-state index >= 15 is 0 Å². The maximum absolute atomic E-state index is 12.7. The average molecular weight is 434 g/mol. The molecule has 0 aliphatic heterocycles. The van der Waals surface area contributed by atoms with Crippen LogP contribution in [0.25, 0.3) is 0 Å². The van der Waals surface area contributed by atoms with Gasteiger partial charge in [-0.15, -0.1) is 0 Å². The predicted octanol–water partition coefficient (Wildman–Crippen LogP) is 4.89. The van der Waals surface area contributed by atoms with Crippen LogP contribution in [0.5, 0.6) is 0 Å². The molecule has 2 heterocycles. The van der Waals surface area contributed by atoms with Crippen LogP contribution in [0.2, 0.25) is 10.0 Å². The molecule has 0 fully saturated rings. The first-order valence-electron chi connectivity index (χ1n) is 9.53. The summed E-state index contributed by atoms with van der Waals surface area (Å²) in [6.45, 7) is 9.52. The monoisotopic (exact) mass is 433 g/mol. The van der Waals surface area contributed by atoms with Crippen LogP contribution in [0.1, 0.15) is 36.4 Å². The molecule has 0 unspecified atom stereocenters. The van der Waals surface area contributed by atoms with Crippen LogP contribution in [0.15, 0.2) is 30.5 Å². The molecule has 0 aliphatic rings. The topological polar surface area (TPSA) is 64.7 Å². The average Bonchev–Trinajstić information content (AvgIpc) is 3.16. The van der Waals surface area contributed by atoms with Crippen LogP contribution in [-0.4, -0.2) is 25.5 Å². The number of halogens is 2. The van der Waals surface area contributed by atoms with Gasteiger partial charge in [0.05, 0.1) is 24.9 Å². The molecule has 1 amide bonds. The number of carbonyl (C=O) groups is 1. The van der Waals surface area contributed by atoms with Gasteiger partial charge in [0.2, 0.25) is 5.91 Å². The van der Waals surface area contributed by atoms with Gasteiger partial charge < -0.3 is 5.32 Å². The number of benzene rings is 1. The number of hydrogen-bond donors (Lipinski definition) is 1. The minimum Gasteiger partial charge on any atom is -0.311 e. The van der Waals surface area contributed by atoms with Crippen molar-refractivity contribution in [1.29, 1.82) is 0 Å². The highest BCUT2D eigenvalue weighted by Crippen LogP contribution is 2.23. The Morgan fingerprint density at radius 2 is 1.93 bits per heavy atom. The molecule has 3 rings (SSSR count). The van der Waals surface area contributed by atoms with Crippen molar-refractivity contribution in [2.45, 2.75) is 47.2 Å². The lowest BCUT2D eigenvalue weighted by Gasteiger charge is -2.11. The summed E-state index contributed by atoms with van der Waals surface area (Å²) in [7, 11) is 0. The Kier molecular flexibility index (Phi) is 6.65. The summed E-state index contributed by atoms with van der Waals surface area (Å²) in [6, 6.07) is 7.10. The quantitative estimate of drug-likeness (QED) is 0.576. The lowest BCUT2D eigenvalue weighted by Crippen LogP contribution is -2.19. The highest BCUT2D eigenvalue weighted by molar-refractivity contribution is 6.35. The van der Waals surface area contributed by atoms with E-state index in [1.54, 1.807) is 29.1 Å². The molecule has 2 aromatic heterocycles. The summed E-state index contributed by atoms with van der Waals surface area (Å²) in [5.74, 6) is 0.999. The Hall–Kier alpha value is -2.31. The number of aryl methyl sites for hydroxylation is 1. The molecule has 29 heavy (non-hydrogen) atoms. The van der Waals surface area contributed by atoms with Crippen molar-refractivity contribution in [1.82, 2.24) is 19.6 Å². The number of anilines is 1. The number of nitrogens with zero attached hydrogens (tertiary/aromatic N) is 4. The lowest BCUT2D eigenvalue weighted by atomic mass is 10.1. The van der Waals surface area contributed by atoms with E-state index in [0.29, 0.717) is 28.3 Å². The summed E-state index contributed by atoms with van der Waals surface area (Å²) < 4.78 is 3.68. The molecule has 3 aromatic rings. The lowest BCUT2D eigenvalue weighted by molar-refractivity contribution is -0.115. The Bertz CT molecular complexity index is 1020. The number of rotatable bonds is 7. The van der Waals surface area contributed by atoms with Crippen molar-refractivity contribution in [3.05, 3.63) is 63.0 Å². The van der Waals surface area contributed by atoms with Gasteiger partial charge in [-0.2, -0.15) is 10.2 Å². The molecule has 0 radical (unpaired) electrons. The summed E-state index contributed by atoms with van der Waals surface area (Å²) >= 11 is 12.2. The molecular formula is C21H25Cl2N5O. The maximum atomic E-state index is 12.7. The summed E-state index contributed by atoms with van der Waals surface area (Å²) in [4.78, 5) is 12.7. The predicted molar refractivity (Wildman–Crippen MR) is 117 cm³/mol. The smallest absolute Gasteiger partial charge is 0.230 e. The van der Waals surface area contributed by atoms with E-state index < -0.39 is 0 Å². The summed E-state index contributed by atoms with van der Waals surface area (Å²) in [5, 5.41) is 13.0. The van der Waals surface area contributed by atoms with Gasteiger partial charge in [-0.25, -0.2) is 4.68 Å². The highest BCUT2D eigenvalue weighted by Gasteiger charge is 2.17. The number of carbonyl (C=O) groups excluding carboxylic acids is 1. The number of hydrogen-bond acceptors (Lipinski definition) is 3. The normalized spacial score (nSPS) is 11.3. The molecule has 0 bridgehead atoms. The summed E-state index contributed by atoms with van der Waals surface area (Å²) in [6.07, 6.45) is 1.92. The van der Waals surface area contributed by atoms with E-state index in [4.69, 9.17) is 23.2 Å². The fourth-order valence-corrected chi connectivity index (χ4v) is 3.71. The third-order valence-corrected chi connectivity index (χ3v) is 5.31. The van der Waals surface area contributed by atoms with Crippen molar-refractivity contribution < 1.29 is 4.79 Å². The van der Waals surface area contributed by atoms with E-state index in [9.17, 15) is 4.79 Å². The maximum Gasteiger partial charge on any atom is 0.230 e. The SMILES string of the molecule is Cc1nn(CC(C)C)c(C)c1CC(=O)Nc1ccnn1Cc1ccc(Cl)cc1Cl. The Morgan fingerprint density at radius 1 is 1.17 bits per heavy atom. The van der Waals surface area contributed by atoms with Crippen LogP contribution >= 0.6 is 23.2 Å². The van der Waals surface area contributed by atoms with Crippen molar-refractivity contribution in [2.24, 2.45) is 5.92 Å². The van der Waals surface area contributed by atoms with Gasteiger partial charge in [-0.3, -0.25) is 9.48 Å². The Morgan fingerprint density at radius 3 is 2.62 bits per heavy atom. The van der Waals surface area contributed by atoms with Gasteiger partial charge in [-0.1, -0.05) is 43.1 Å². The number of nitrogens with one attached hydrogen (secondary N) is 1. The van der Waals surface area contributed by atoms with Gasteiger partial charge >= 0.3 is 0 Å². The second kappa shape index (κ2) is 9.01. The molecule has 0 saturated carbocycles. The molecule has 8 heteroatoms. The van der Waals surface area contributed by atoms with Gasteiger partial charge in [-0.05, 0) is 37.5 Å². The minimum absolute atomic E-state index is 0.107.